The molecule has 0 aromatic carbocycles. The van der Waals surface area contributed by atoms with Crippen LogP contribution >= 0.6 is 0 Å². The summed E-state index contributed by atoms with van der Waals surface area (Å²) in [5, 5.41) is 0. The normalized spacial score (nSPS) is 9.94. The van der Waals surface area contributed by atoms with Crippen LogP contribution in [-0.4, -0.2) is 49.7 Å². The van der Waals surface area contributed by atoms with E-state index in [9.17, 15) is 14.4 Å². The van der Waals surface area contributed by atoms with Crippen LogP contribution in [0.5, 0.6) is 0 Å². The first-order chi connectivity index (χ1) is 8.01. The number of ether oxygens (including phenoxy) is 3. The van der Waals surface area contributed by atoms with E-state index in [1.807, 2.05) is 0 Å². The molecule has 0 spiro atoms. The van der Waals surface area contributed by atoms with Crippen LogP contribution in [0.4, 0.5) is 0 Å². The molecule has 0 aliphatic heterocycles. The lowest BCUT2D eigenvalue weighted by atomic mass is 10.1. The molecule has 0 fully saturated rings. The molecule has 0 saturated heterocycles. The Labute approximate surface area is 96.4 Å². The molecule has 0 N–H and O–H groups in total. The fourth-order valence-electron chi connectivity index (χ4n) is 0.812. The predicted octanol–water partition coefficient (Wildman–Crippen LogP) is -0.897. The number of hydrogen-bond donors (Lipinski definition) is 0. The van der Waals surface area contributed by atoms with Gasteiger partial charge in [-0.3, -0.25) is 0 Å². The number of carbonyl (C=O) groups is 3. The minimum absolute atomic E-state index is 0.575. The molecule has 0 rings (SSSR count). The average molecular weight is 242 g/mol. The van der Waals surface area contributed by atoms with E-state index in [-0.39, 0.29) is 0 Å². The quantitative estimate of drug-likeness (QED) is 0.157. The van der Waals surface area contributed by atoms with Gasteiger partial charge in [0.05, 0.1) is 21.3 Å². The summed E-state index contributed by atoms with van der Waals surface area (Å²) in [4.78, 5) is 36.0. The summed E-state index contributed by atoms with van der Waals surface area (Å²) >= 11 is 0. The topological polar surface area (TPSA) is 115 Å². The van der Waals surface area contributed by atoms with Gasteiger partial charge in [0.25, 0.3) is 0 Å². The van der Waals surface area contributed by atoms with Crippen molar-refractivity contribution in [3.8, 4) is 0 Å². The van der Waals surface area contributed by atoms with Crippen LogP contribution < -0.4 is 0 Å². The molecule has 0 saturated carbocycles. The van der Waals surface area contributed by atoms with Gasteiger partial charge in [0, 0.05) is 6.08 Å². The molecule has 17 heavy (non-hydrogen) atoms. The van der Waals surface area contributed by atoms with E-state index in [2.05, 4.69) is 19.0 Å². The summed E-state index contributed by atoms with van der Waals surface area (Å²) < 4.78 is 12.9. The van der Waals surface area contributed by atoms with Crippen molar-refractivity contribution in [2.45, 2.75) is 0 Å². The molecule has 0 atom stereocenters. The summed E-state index contributed by atoms with van der Waals surface area (Å²) in [5.41, 5.74) is 7.28. The van der Waals surface area contributed by atoms with E-state index in [0.717, 1.165) is 21.3 Å². The zero-order valence-corrected chi connectivity index (χ0v) is 9.42. The SMILES string of the molecule is COC(=O)/C=C(\C(=O)OC)C(=[N+]=[N-])C(=O)OC. The van der Waals surface area contributed by atoms with Gasteiger partial charge in [0.15, 0.2) is 5.57 Å². The summed E-state index contributed by atoms with van der Waals surface area (Å²) in [6, 6.07) is 0. The first-order valence-electron chi connectivity index (χ1n) is 4.20. The third-order valence-electron chi connectivity index (χ3n) is 1.60. The Morgan fingerprint density at radius 2 is 1.53 bits per heavy atom. The van der Waals surface area contributed by atoms with Crippen molar-refractivity contribution in [2.75, 3.05) is 21.3 Å². The molecule has 0 aliphatic rings. The molecule has 0 amide bonds. The number of methoxy groups -OCH3 is 3. The second-order valence-electron chi connectivity index (χ2n) is 2.51. The standard InChI is InChI=1S/C9H10N2O6/c1-15-6(12)4-5(8(13)16-2)7(11-10)9(14)17-3/h4H,1-3H3/b5-4-. The van der Waals surface area contributed by atoms with Crippen molar-refractivity contribution in [3.05, 3.63) is 17.2 Å². The lowest BCUT2D eigenvalue weighted by Gasteiger charge is -1.99. The van der Waals surface area contributed by atoms with E-state index in [4.69, 9.17) is 5.53 Å². The average Bonchev–Trinajstić information content (AvgIpc) is 2.36. The van der Waals surface area contributed by atoms with Gasteiger partial charge in [-0.25, -0.2) is 14.4 Å². The number of hydrogen-bond acceptors (Lipinski definition) is 6. The predicted molar refractivity (Wildman–Crippen MR) is 52.8 cm³/mol. The molecule has 0 bridgehead atoms. The van der Waals surface area contributed by atoms with Crippen LogP contribution in [0.1, 0.15) is 0 Å². The van der Waals surface area contributed by atoms with Crippen LogP contribution in [-0.2, 0) is 28.6 Å². The molecule has 0 aromatic rings. The zero-order chi connectivity index (χ0) is 13.4. The highest BCUT2D eigenvalue weighted by molar-refractivity contribution is 6.47. The van der Waals surface area contributed by atoms with E-state index < -0.39 is 29.2 Å². The van der Waals surface area contributed by atoms with Crippen molar-refractivity contribution < 1.29 is 33.4 Å². The Bertz CT molecular complexity index is 419. The number of nitrogens with zero attached hydrogens (tertiary/aromatic N) is 2. The van der Waals surface area contributed by atoms with Gasteiger partial charge in [-0.1, -0.05) is 0 Å². The summed E-state index contributed by atoms with van der Waals surface area (Å²) in [6.07, 6.45) is 0.651. The Morgan fingerprint density at radius 1 is 1.00 bits per heavy atom. The highest BCUT2D eigenvalue weighted by atomic mass is 16.5. The van der Waals surface area contributed by atoms with Crippen LogP contribution in [0.3, 0.4) is 0 Å². The maximum absolute atomic E-state index is 11.3. The Hall–Kier alpha value is -2.47. The van der Waals surface area contributed by atoms with Gasteiger partial charge < -0.3 is 19.7 Å². The van der Waals surface area contributed by atoms with E-state index in [1.54, 1.807) is 0 Å². The molecule has 92 valence electrons. The van der Waals surface area contributed by atoms with E-state index in [0.29, 0.717) is 6.08 Å². The van der Waals surface area contributed by atoms with Gasteiger partial charge in [0.1, 0.15) is 0 Å². The van der Waals surface area contributed by atoms with Crippen molar-refractivity contribution in [2.24, 2.45) is 0 Å². The summed E-state index contributed by atoms with van der Waals surface area (Å²) in [6.45, 7) is 0. The molecular weight excluding hydrogens is 232 g/mol. The van der Waals surface area contributed by atoms with Crippen molar-refractivity contribution >= 4 is 23.6 Å². The maximum Gasteiger partial charge on any atom is 0.422 e. The van der Waals surface area contributed by atoms with Gasteiger partial charge in [-0.2, -0.15) is 4.79 Å². The van der Waals surface area contributed by atoms with Crippen LogP contribution in [0.15, 0.2) is 11.6 Å². The Balaban J connectivity index is 5.55. The molecule has 0 unspecified atom stereocenters. The first-order valence-corrected chi connectivity index (χ1v) is 4.20. The van der Waals surface area contributed by atoms with Gasteiger partial charge in [0.2, 0.25) is 0 Å². The fraction of sp³-hybridized carbons (Fsp3) is 0.333. The van der Waals surface area contributed by atoms with Gasteiger partial charge in [-0.05, 0) is 0 Å². The Morgan fingerprint density at radius 3 is 1.88 bits per heavy atom. The minimum atomic E-state index is -1.10. The Kier molecular flexibility index (Phi) is 5.91. The molecular formula is C9H10N2O6. The number of carbonyl (C=O) groups excluding carboxylic acids is 3. The number of rotatable bonds is 4. The monoisotopic (exact) mass is 242 g/mol. The zero-order valence-electron chi connectivity index (χ0n) is 9.42. The third kappa shape index (κ3) is 3.88. The maximum atomic E-state index is 11.3. The second-order valence-corrected chi connectivity index (χ2v) is 2.51. The van der Waals surface area contributed by atoms with Gasteiger partial charge in [-0.15, -0.1) is 0 Å². The highest BCUT2D eigenvalue weighted by Crippen LogP contribution is 2.02. The molecule has 0 heterocycles. The van der Waals surface area contributed by atoms with Gasteiger partial charge >= 0.3 is 23.6 Å². The van der Waals surface area contributed by atoms with Crippen molar-refractivity contribution in [1.82, 2.24) is 0 Å². The highest BCUT2D eigenvalue weighted by Gasteiger charge is 2.33. The van der Waals surface area contributed by atoms with E-state index >= 15 is 0 Å². The van der Waals surface area contributed by atoms with Crippen molar-refractivity contribution in [1.29, 1.82) is 0 Å². The number of esters is 3. The first kappa shape index (κ1) is 14.5. The lowest BCUT2D eigenvalue weighted by molar-refractivity contribution is -0.141. The third-order valence-corrected chi connectivity index (χ3v) is 1.60. The fourth-order valence-corrected chi connectivity index (χ4v) is 0.812. The van der Waals surface area contributed by atoms with E-state index in [1.165, 1.54) is 0 Å². The molecule has 0 aliphatic carbocycles. The van der Waals surface area contributed by atoms with Crippen molar-refractivity contribution in [3.63, 3.8) is 0 Å². The molecule has 0 radical (unpaired) electrons. The van der Waals surface area contributed by atoms with Crippen LogP contribution in [0.2, 0.25) is 0 Å². The smallest absolute Gasteiger partial charge is 0.422 e. The summed E-state index contributed by atoms with van der Waals surface area (Å²) in [7, 11) is 3.11. The molecule has 8 nitrogen and oxygen atoms in total. The van der Waals surface area contributed by atoms with Crippen LogP contribution in [0.25, 0.3) is 5.53 Å². The second kappa shape index (κ2) is 6.91. The van der Waals surface area contributed by atoms with Crippen LogP contribution in [0, 0.1) is 0 Å². The minimum Gasteiger partial charge on any atom is -0.466 e. The summed E-state index contributed by atoms with van der Waals surface area (Å²) in [5.74, 6) is -3.07. The molecule has 0 aromatic heterocycles. The lowest BCUT2D eigenvalue weighted by Crippen LogP contribution is -2.26. The molecule has 8 heteroatoms. The largest absolute Gasteiger partial charge is 0.466 e.